The van der Waals surface area contributed by atoms with Crippen LogP contribution in [0.2, 0.25) is 0 Å². The minimum absolute atomic E-state index is 0.0289. The summed E-state index contributed by atoms with van der Waals surface area (Å²) in [5.74, 6) is 0.385. The van der Waals surface area contributed by atoms with Gasteiger partial charge in [-0.3, -0.25) is 4.79 Å². The van der Waals surface area contributed by atoms with E-state index in [2.05, 4.69) is 15.3 Å². The number of furan rings is 1. The molecule has 0 N–H and O–H groups in total. The van der Waals surface area contributed by atoms with E-state index in [1.165, 1.54) is 28.2 Å². The second-order valence-electron chi connectivity index (χ2n) is 5.26. The molecule has 0 aliphatic carbocycles. The van der Waals surface area contributed by atoms with Crippen molar-refractivity contribution >= 4 is 33.3 Å². The van der Waals surface area contributed by atoms with Gasteiger partial charge in [-0.2, -0.15) is 4.37 Å². The molecule has 1 fully saturated rings. The van der Waals surface area contributed by atoms with Crippen LogP contribution in [0.3, 0.4) is 0 Å². The zero-order chi connectivity index (χ0) is 14.9. The van der Waals surface area contributed by atoms with Gasteiger partial charge in [0, 0.05) is 31.6 Å². The summed E-state index contributed by atoms with van der Waals surface area (Å²) in [6.45, 7) is 3.04. The summed E-state index contributed by atoms with van der Waals surface area (Å²) in [5, 5.41) is 2.39. The Balaban J connectivity index is 1.49. The number of hydrogen-bond donors (Lipinski definition) is 0. The zero-order valence-corrected chi connectivity index (χ0v) is 12.8. The minimum Gasteiger partial charge on any atom is -0.459 e. The Morgan fingerprint density at radius 1 is 1.09 bits per heavy atom. The van der Waals surface area contributed by atoms with Crippen molar-refractivity contribution in [2.24, 2.45) is 0 Å². The standard InChI is InChI=1S/C16H15N3O2S/c20-15(14-6-3-11-21-14)18-7-9-19(10-8-18)16-12-4-1-2-5-13(12)17-22-16/h1-6,11H,7-10H2. The summed E-state index contributed by atoms with van der Waals surface area (Å²) in [6, 6.07) is 11.6. The van der Waals surface area contributed by atoms with E-state index in [4.69, 9.17) is 4.42 Å². The molecule has 1 aliphatic rings. The summed E-state index contributed by atoms with van der Waals surface area (Å²) in [7, 11) is 0. The maximum absolute atomic E-state index is 12.3. The number of aromatic nitrogens is 1. The van der Waals surface area contributed by atoms with Gasteiger partial charge in [-0.25, -0.2) is 0 Å². The fourth-order valence-corrected chi connectivity index (χ4v) is 3.69. The van der Waals surface area contributed by atoms with Gasteiger partial charge in [0.05, 0.1) is 11.8 Å². The van der Waals surface area contributed by atoms with Gasteiger partial charge in [0.25, 0.3) is 5.91 Å². The number of carbonyl (C=O) groups is 1. The van der Waals surface area contributed by atoms with E-state index in [1.54, 1.807) is 12.1 Å². The van der Waals surface area contributed by atoms with Gasteiger partial charge in [-0.05, 0) is 35.8 Å². The molecule has 22 heavy (non-hydrogen) atoms. The molecule has 0 radical (unpaired) electrons. The van der Waals surface area contributed by atoms with Crippen molar-refractivity contribution < 1.29 is 9.21 Å². The lowest BCUT2D eigenvalue weighted by atomic mass is 10.2. The fourth-order valence-electron chi connectivity index (χ4n) is 2.77. The van der Waals surface area contributed by atoms with Gasteiger partial charge >= 0.3 is 0 Å². The van der Waals surface area contributed by atoms with Crippen LogP contribution in [0.5, 0.6) is 0 Å². The predicted octanol–water partition coefficient (Wildman–Crippen LogP) is 2.85. The Hall–Kier alpha value is -2.34. The topological polar surface area (TPSA) is 49.6 Å². The van der Waals surface area contributed by atoms with E-state index in [-0.39, 0.29) is 5.91 Å². The molecule has 1 aliphatic heterocycles. The van der Waals surface area contributed by atoms with Gasteiger partial charge in [0.15, 0.2) is 5.76 Å². The van der Waals surface area contributed by atoms with Gasteiger partial charge < -0.3 is 14.2 Å². The first-order valence-corrected chi connectivity index (χ1v) is 8.02. The van der Waals surface area contributed by atoms with Crippen LogP contribution >= 0.6 is 11.5 Å². The van der Waals surface area contributed by atoms with E-state index >= 15 is 0 Å². The fraction of sp³-hybridized carbons (Fsp3) is 0.250. The normalized spacial score (nSPS) is 15.5. The van der Waals surface area contributed by atoms with Crippen LogP contribution in [-0.4, -0.2) is 41.4 Å². The number of hydrogen-bond acceptors (Lipinski definition) is 5. The lowest BCUT2D eigenvalue weighted by Gasteiger charge is -2.34. The van der Waals surface area contributed by atoms with Crippen molar-refractivity contribution in [3.05, 3.63) is 48.4 Å². The molecule has 0 atom stereocenters. The largest absolute Gasteiger partial charge is 0.459 e. The minimum atomic E-state index is -0.0289. The van der Waals surface area contributed by atoms with Crippen LogP contribution < -0.4 is 4.90 Å². The summed E-state index contributed by atoms with van der Waals surface area (Å²) in [5.41, 5.74) is 1.04. The van der Waals surface area contributed by atoms with Crippen LogP contribution in [0.15, 0.2) is 47.1 Å². The quantitative estimate of drug-likeness (QED) is 0.730. The summed E-state index contributed by atoms with van der Waals surface area (Å²) in [4.78, 5) is 16.4. The van der Waals surface area contributed by atoms with Crippen LogP contribution in [0.25, 0.3) is 10.9 Å². The molecule has 6 heteroatoms. The van der Waals surface area contributed by atoms with E-state index in [0.717, 1.165) is 18.6 Å². The molecule has 1 aromatic carbocycles. The molecule has 4 rings (SSSR count). The number of nitrogens with zero attached hydrogens (tertiary/aromatic N) is 3. The number of amides is 1. The second-order valence-corrected chi connectivity index (χ2v) is 6.01. The Kier molecular flexibility index (Phi) is 3.31. The Morgan fingerprint density at radius 2 is 1.91 bits per heavy atom. The number of anilines is 1. The first-order chi connectivity index (χ1) is 10.8. The van der Waals surface area contributed by atoms with E-state index in [9.17, 15) is 4.79 Å². The number of fused-ring (bicyclic) bond motifs is 1. The third kappa shape index (κ3) is 2.25. The Labute approximate surface area is 131 Å². The van der Waals surface area contributed by atoms with Gasteiger partial charge in [0.2, 0.25) is 0 Å². The molecule has 0 spiro atoms. The van der Waals surface area contributed by atoms with E-state index < -0.39 is 0 Å². The highest BCUT2D eigenvalue weighted by Crippen LogP contribution is 2.31. The first kappa shape index (κ1) is 13.3. The molecule has 0 saturated carbocycles. The monoisotopic (exact) mass is 313 g/mol. The van der Waals surface area contributed by atoms with Crippen molar-refractivity contribution in [1.29, 1.82) is 0 Å². The average Bonchev–Trinajstić information content (AvgIpc) is 3.24. The first-order valence-electron chi connectivity index (χ1n) is 7.25. The average molecular weight is 313 g/mol. The molecular formula is C16H15N3O2S. The van der Waals surface area contributed by atoms with Gasteiger partial charge in [-0.15, -0.1) is 0 Å². The highest BCUT2D eigenvalue weighted by Gasteiger charge is 2.25. The van der Waals surface area contributed by atoms with Crippen molar-refractivity contribution in [2.45, 2.75) is 0 Å². The van der Waals surface area contributed by atoms with Crippen molar-refractivity contribution in [2.75, 3.05) is 31.1 Å². The third-order valence-corrected chi connectivity index (χ3v) is 4.89. The van der Waals surface area contributed by atoms with Crippen molar-refractivity contribution in [3.8, 4) is 0 Å². The maximum atomic E-state index is 12.3. The Morgan fingerprint density at radius 3 is 2.68 bits per heavy atom. The van der Waals surface area contributed by atoms with E-state index in [0.29, 0.717) is 18.8 Å². The predicted molar refractivity (Wildman–Crippen MR) is 86.4 cm³/mol. The second kappa shape index (κ2) is 5.46. The molecule has 1 amide bonds. The molecule has 5 nitrogen and oxygen atoms in total. The van der Waals surface area contributed by atoms with Crippen LogP contribution in [-0.2, 0) is 0 Å². The molecular weight excluding hydrogens is 298 g/mol. The number of carbonyl (C=O) groups excluding carboxylic acids is 1. The number of benzene rings is 1. The number of rotatable bonds is 2. The van der Waals surface area contributed by atoms with Gasteiger partial charge in [-0.1, -0.05) is 12.1 Å². The third-order valence-electron chi connectivity index (χ3n) is 3.95. The molecule has 0 unspecified atom stereocenters. The zero-order valence-electron chi connectivity index (χ0n) is 11.9. The molecule has 0 bridgehead atoms. The van der Waals surface area contributed by atoms with Crippen LogP contribution in [0.4, 0.5) is 5.00 Å². The molecule has 112 valence electrons. The van der Waals surface area contributed by atoms with Crippen molar-refractivity contribution in [1.82, 2.24) is 9.27 Å². The highest BCUT2D eigenvalue weighted by molar-refractivity contribution is 7.11. The SMILES string of the molecule is O=C(c1ccco1)N1CCN(c2snc3ccccc23)CC1. The smallest absolute Gasteiger partial charge is 0.289 e. The van der Waals surface area contributed by atoms with Gasteiger partial charge in [0.1, 0.15) is 5.00 Å². The summed E-state index contributed by atoms with van der Waals surface area (Å²) in [6.07, 6.45) is 1.53. The molecule has 3 aromatic rings. The lowest BCUT2D eigenvalue weighted by molar-refractivity contribution is 0.0715. The van der Waals surface area contributed by atoms with E-state index in [1.807, 2.05) is 23.1 Å². The highest BCUT2D eigenvalue weighted by atomic mass is 32.1. The maximum Gasteiger partial charge on any atom is 0.289 e. The summed E-state index contributed by atoms with van der Waals surface area (Å²) < 4.78 is 9.69. The van der Waals surface area contributed by atoms with Crippen molar-refractivity contribution in [3.63, 3.8) is 0 Å². The summed E-state index contributed by atoms with van der Waals surface area (Å²) >= 11 is 1.53. The molecule has 2 aromatic heterocycles. The lowest BCUT2D eigenvalue weighted by Crippen LogP contribution is -2.48. The van der Waals surface area contributed by atoms with Crippen LogP contribution in [0, 0.1) is 0 Å². The Bertz CT molecular complexity index is 789. The molecule has 3 heterocycles. The van der Waals surface area contributed by atoms with Crippen LogP contribution in [0.1, 0.15) is 10.6 Å². The molecule has 1 saturated heterocycles. The number of piperazine rings is 1.